The smallest absolute Gasteiger partial charge is 0.355 e. The molecule has 0 N–H and O–H groups in total. The molecule has 1 aromatic carbocycles. The van der Waals surface area contributed by atoms with E-state index >= 15 is 0 Å². The van der Waals surface area contributed by atoms with Crippen molar-refractivity contribution in [3.05, 3.63) is 46.8 Å². The van der Waals surface area contributed by atoms with Crippen LogP contribution in [0.2, 0.25) is 0 Å². The lowest BCUT2D eigenvalue weighted by Gasteiger charge is -2.09. The highest BCUT2D eigenvalue weighted by molar-refractivity contribution is 5.98. The van der Waals surface area contributed by atoms with E-state index in [1.165, 1.54) is 5.56 Å². The van der Waals surface area contributed by atoms with Gasteiger partial charge in [-0.25, -0.2) is 4.79 Å². The van der Waals surface area contributed by atoms with Crippen molar-refractivity contribution < 1.29 is 9.53 Å². The predicted octanol–water partition coefficient (Wildman–Crippen LogP) is 4.50. The summed E-state index contributed by atoms with van der Waals surface area (Å²) in [4.78, 5) is 12.5. The van der Waals surface area contributed by atoms with Crippen LogP contribution in [0, 0.1) is 17.2 Å². The van der Waals surface area contributed by atoms with Crippen LogP contribution in [0.5, 0.6) is 0 Å². The van der Waals surface area contributed by atoms with Gasteiger partial charge in [-0.2, -0.15) is 5.26 Å². The molecule has 25 heavy (non-hydrogen) atoms. The summed E-state index contributed by atoms with van der Waals surface area (Å²) in [6, 6.07) is 10.4. The van der Waals surface area contributed by atoms with E-state index in [1.807, 2.05) is 26.1 Å². The van der Waals surface area contributed by atoms with Crippen molar-refractivity contribution in [2.75, 3.05) is 6.61 Å². The molecule has 0 saturated heterocycles. The molecule has 4 nitrogen and oxygen atoms in total. The van der Waals surface area contributed by atoms with Gasteiger partial charge >= 0.3 is 5.97 Å². The molecule has 0 aliphatic heterocycles. The molecule has 0 bridgehead atoms. The Hall–Kier alpha value is -2.54. The molecule has 4 heteroatoms. The maximum atomic E-state index is 12.5. The van der Waals surface area contributed by atoms with Crippen molar-refractivity contribution in [1.29, 1.82) is 5.26 Å². The zero-order valence-electron chi connectivity index (χ0n) is 15.7. The molecule has 0 aliphatic rings. The minimum atomic E-state index is -0.387. The van der Waals surface area contributed by atoms with Gasteiger partial charge in [-0.3, -0.25) is 0 Å². The molecule has 0 spiro atoms. The quantitative estimate of drug-likeness (QED) is 0.729. The lowest BCUT2D eigenvalue weighted by molar-refractivity contribution is 0.0516. The van der Waals surface area contributed by atoms with E-state index in [1.54, 1.807) is 11.5 Å². The van der Waals surface area contributed by atoms with Crippen LogP contribution >= 0.6 is 0 Å². The first-order valence-electron chi connectivity index (χ1n) is 8.82. The number of hydrogen-bond acceptors (Lipinski definition) is 3. The highest BCUT2D eigenvalue weighted by Crippen LogP contribution is 2.33. The van der Waals surface area contributed by atoms with Gasteiger partial charge in [0.15, 0.2) is 0 Å². The fraction of sp³-hybridized carbons (Fsp3) is 0.429. The average molecular weight is 338 g/mol. The van der Waals surface area contributed by atoms with Crippen molar-refractivity contribution in [2.45, 2.75) is 40.5 Å². The normalized spacial score (nSPS) is 10.8. The SMILES string of the molecule is CCOC(=O)c1c(-c2ccc(CC(C)C)cc2)c(C#N)c(CC)n1C. The number of nitriles is 1. The summed E-state index contributed by atoms with van der Waals surface area (Å²) in [6.07, 6.45) is 1.68. The molecule has 0 radical (unpaired) electrons. The Balaban J connectivity index is 2.62. The average Bonchev–Trinajstić information content (AvgIpc) is 2.86. The molecule has 0 unspecified atom stereocenters. The van der Waals surface area contributed by atoms with Gasteiger partial charge in [0.2, 0.25) is 0 Å². The third kappa shape index (κ3) is 3.76. The van der Waals surface area contributed by atoms with Crippen molar-refractivity contribution >= 4 is 5.97 Å². The summed E-state index contributed by atoms with van der Waals surface area (Å²) in [6.45, 7) is 8.45. The zero-order valence-corrected chi connectivity index (χ0v) is 15.7. The second kappa shape index (κ2) is 8.02. The molecular formula is C21H26N2O2. The first-order valence-corrected chi connectivity index (χ1v) is 8.82. The molecule has 0 aliphatic carbocycles. The highest BCUT2D eigenvalue weighted by Gasteiger charge is 2.26. The minimum Gasteiger partial charge on any atom is -0.461 e. The monoisotopic (exact) mass is 338 g/mol. The van der Waals surface area contributed by atoms with Crippen LogP contribution in [-0.4, -0.2) is 17.1 Å². The molecule has 1 aromatic heterocycles. The molecule has 132 valence electrons. The summed E-state index contributed by atoms with van der Waals surface area (Å²) < 4.78 is 7.03. The van der Waals surface area contributed by atoms with Crippen LogP contribution in [0.3, 0.4) is 0 Å². The second-order valence-electron chi connectivity index (χ2n) is 6.59. The van der Waals surface area contributed by atoms with Gasteiger partial charge in [-0.05, 0) is 36.8 Å². The summed E-state index contributed by atoms with van der Waals surface area (Å²) in [7, 11) is 1.82. The van der Waals surface area contributed by atoms with Crippen LogP contribution in [0.15, 0.2) is 24.3 Å². The minimum absolute atomic E-state index is 0.306. The number of hydrogen-bond donors (Lipinski definition) is 0. The number of ether oxygens (including phenoxy) is 1. The number of nitrogens with zero attached hydrogens (tertiary/aromatic N) is 2. The topological polar surface area (TPSA) is 55.0 Å². The Bertz CT molecular complexity index is 793. The molecule has 0 atom stereocenters. The maximum Gasteiger partial charge on any atom is 0.355 e. The Kier molecular flexibility index (Phi) is 6.03. The van der Waals surface area contributed by atoms with Crippen LogP contribution in [-0.2, 0) is 24.6 Å². The third-order valence-electron chi connectivity index (χ3n) is 4.32. The fourth-order valence-electron chi connectivity index (χ4n) is 3.27. The number of aromatic nitrogens is 1. The predicted molar refractivity (Wildman–Crippen MR) is 99.4 cm³/mol. The fourth-order valence-corrected chi connectivity index (χ4v) is 3.27. The number of benzene rings is 1. The Morgan fingerprint density at radius 2 is 1.88 bits per heavy atom. The summed E-state index contributed by atoms with van der Waals surface area (Å²) in [5.74, 6) is 0.196. The first kappa shape index (κ1) is 18.8. The maximum absolute atomic E-state index is 12.5. The van der Waals surface area contributed by atoms with Crippen LogP contribution < -0.4 is 0 Å². The molecule has 0 saturated carbocycles. The van der Waals surface area contributed by atoms with Crippen molar-refractivity contribution in [3.63, 3.8) is 0 Å². The Morgan fingerprint density at radius 1 is 1.24 bits per heavy atom. The largest absolute Gasteiger partial charge is 0.461 e. The van der Waals surface area contributed by atoms with Gasteiger partial charge in [-0.15, -0.1) is 0 Å². The van der Waals surface area contributed by atoms with E-state index in [0.29, 0.717) is 35.8 Å². The van der Waals surface area contributed by atoms with Gasteiger partial charge < -0.3 is 9.30 Å². The van der Waals surface area contributed by atoms with Gasteiger partial charge in [0.25, 0.3) is 0 Å². The molecule has 1 heterocycles. The van der Waals surface area contributed by atoms with E-state index < -0.39 is 0 Å². The Labute approximate surface area is 150 Å². The van der Waals surface area contributed by atoms with Gasteiger partial charge in [0, 0.05) is 18.3 Å². The first-order chi connectivity index (χ1) is 11.9. The number of esters is 1. The van der Waals surface area contributed by atoms with E-state index in [0.717, 1.165) is 17.7 Å². The second-order valence-corrected chi connectivity index (χ2v) is 6.59. The van der Waals surface area contributed by atoms with Crippen molar-refractivity contribution in [1.82, 2.24) is 4.57 Å². The van der Waals surface area contributed by atoms with Crippen LogP contribution in [0.1, 0.15) is 55.0 Å². The van der Waals surface area contributed by atoms with E-state index in [4.69, 9.17) is 4.74 Å². The molecule has 0 amide bonds. The lowest BCUT2D eigenvalue weighted by atomic mass is 9.96. The van der Waals surface area contributed by atoms with E-state index in [-0.39, 0.29) is 5.97 Å². The summed E-state index contributed by atoms with van der Waals surface area (Å²) >= 11 is 0. The summed E-state index contributed by atoms with van der Waals surface area (Å²) in [5.41, 5.74) is 4.67. The highest BCUT2D eigenvalue weighted by atomic mass is 16.5. The molecule has 2 aromatic rings. The van der Waals surface area contributed by atoms with Gasteiger partial charge in [-0.1, -0.05) is 45.0 Å². The summed E-state index contributed by atoms with van der Waals surface area (Å²) in [5, 5.41) is 9.70. The number of rotatable bonds is 6. The van der Waals surface area contributed by atoms with E-state index in [2.05, 4.69) is 32.0 Å². The molecule has 0 fully saturated rings. The lowest BCUT2D eigenvalue weighted by Crippen LogP contribution is -2.12. The standard InChI is InChI=1S/C21H26N2O2/c1-6-18-17(13-22)19(20(23(18)5)21(24)25-7-2)16-10-8-15(9-11-16)12-14(3)4/h8-11,14H,6-7,12H2,1-5H3. The zero-order chi connectivity index (χ0) is 18.6. The van der Waals surface area contributed by atoms with E-state index in [9.17, 15) is 10.1 Å². The molecular weight excluding hydrogens is 312 g/mol. The van der Waals surface area contributed by atoms with Gasteiger partial charge in [0.05, 0.1) is 12.2 Å². The van der Waals surface area contributed by atoms with Crippen molar-refractivity contribution in [2.24, 2.45) is 13.0 Å². The Morgan fingerprint density at radius 3 is 2.36 bits per heavy atom. The van der Waals surface area contributed by atoms with Crippen LogP contribution in [0.4, 0.5) is 0 Å². The van der Waals surface area contributed by atoms with Crippen LogP contribution in [0.25, 0.3) is 11.1 Å². The third-order valence-corrected chi connectivity index (χ3v) is 4.32. The number of carbonyl (C=O) groups excluding carboxylic acids is 1. The van der Waals surface area contributed by atoms with Gasteiger partial charge in [0.1, 0.15) is 11.8 Å². The number of carbonyl (C=O) groups is 1. The molecule has 2 rings (SSSR count). The van der Waals surface area contributed by atoms with Crippen molar-refractivity contribution in [3.8, 4) is 17.2 Å².